The normalized spacial score (nSPS) is 27.2. The molecular formula is C16H24N4O6. The Morgan fingerprint density at radius 1 is 1.31 bits per heavy atom. The maximum Gasteiger partial charge on any atom is 0.326 e. The van der Waals surface area contributed by atoms with Crippen LogP contribution >= 0.6 is 0 Å². The minimum atomic E-state index is -1.07. The molecule has 144 valence electrons. The van der Waals surface area contributed by atoms with Crippen molar-refractivity contribution in [3.8, 4) is 0 Å². The van der Waals surface area contributed by atoms with Crippen molar-refractivity contribution in [2.24, 2.45) is 17.1 Å². The van der Waals surface area contributed by atoms with E-state index < -0.39 is 48.5 Å². The second-order valence-corrected chi connectivity index (χ2v) is 7.83. The lowest BCUT2D eigenvalue weighted by atomic mass is 9.64. The number of carbonyl (C=O) groups excluding carboxylic acids is 5. The fourth-order valence-corrected chi connectivity index (χ4v) is 4.14. The minimum absolute atomic E-state index is 0.121. The van der Waals surface area contributed by atoms with E-state index in [0.717, 1.165) is 11.3 Å². The number of hydrogen-bond donors (Lipinski definition) is 3. The average Bonchev–Trinajstić information content (AvgIpc) is 2.66. The van der Waals surface area contributed by atoms with Crippen molar-refractivity contribution in [1.29, 1.82) is 0 Å². The predicted octanol–water partition coefficient (Wildman–Crippen LogP) is -0.139. The molecule has 1 saturated carbocycles. The summed E-state index contributed by atoms with van der Waals surface area (Å²) in [5.74, 6) is -2.05. The number of ether oxygens (including phenoxy) is 1. The van der Waals surface area contributed by atoms with Gasteiger partial charge in [-0.25, -0.2) is 9.59 Å². The minimum Gasteiger partial charge on any atom is -0.454 e. The van der Waals surface area contributed by atoms with Gasteiger partial charge in [0.15, 0.2) is 6.61 Å². The molecule has 26 heavy (non-hydrogen) atoms. The first-order chi connectivity index (χ1) is 11.9. The van der Waals surface area contributed by atoms with Crippen LogP contribution in [-0.2, 0) is 19.1 Å². The molecule has 2 unspecified atom stereocenters. The maximum atomic E-state index is 12.8. The van der Waals surface area contributed by atoms with Crippen LogP contribution in [-0.4, -0.2) is 53.4 Å². The van der Waals surface area contributed by atoms with E-state index in [0.29, 0.717) is 12.8 Å². The van der Waals surface area contributed by atoms with Gasteiger partial charge in [-0.1, -0.05) is 20.8 Å². The highest BCUT2D eigenvalue weighted by Gasteiger charge is 2.56. The van der Waals surface area contributed by atoms with Crippen LogP contribution in [0.25, 0.3) is 0 Å². The summed E-state index contributed by atoms with van der Waals surface area (Å²) in [6, 6.07) is -1.73. The van der Waals surface area contributed by atoms with Gasteiger partial charge >= 0.3 is 18.0 Å². The number of urea groups is 2. The lowest BCUT2D eigenvalue weighted by Gasteiger charge is -2.43. The Balaban J connectivity index is 1.99. The van der Waals surface area contributed by atoms with Gasteiger partial charge in [-0.05, 0) is 30.6 Å². The molecule has 0 radical (unpaired) electrons. The van der Waals surface area contributed by atoms with Crippen LogP contribution in [0.2, 0.25) is 0 Å². The highest BCUT2D eigenvalue weighted by Crippen LogP contribution is 2.46. The topological polar surface area (TPSA) is 148 Å². The molecule has 2 aliphatic rings. The zero-order valence-electron chi connectivity index (χ0n) is 15.1. The molecule has 0 aromatic carbocycles. The monoisotopic (exact) mass is 368 g/mol. The van der Waals surface area contributed by atoms with Crippen LogP contribution in [0.4, 0.5) is 9.59 Å². The third-order valence-electron chi connectivity index (χ3n) is 4.54. The Hall–Kier alpha value is -2.65. The van der Waals surface area contributed by atoms with Crippen LogP contribution < -0.4 is 16.4 Å². The average molecular weight is 368 g/mol. The van der Waals surface area contributed by atoms with E-state index in [-0.39, 0.29) is 11.3 Å². The number of nitrogens with zero attached hydrogens (tertiary/aromatic N) is 1. The molecule has 0 bridgehead atoms. The van der Waals surface area contributed by atoms with Crippen molar-refractivity contribution >= 4 is 29.8 Å². The van der Waals surface area contributed by atoms with Crippen LogP contribution in [0, 0.1) is 11.3 Å². The van der Waals surface area contributed by atoms with E-state index >= 15 is 0 Å². The van der Waals surface area contributed by atoms with Gasteiger partial charge in [0.25, 0.3) is 11.8 Å². The fraction of sp³-hybridized carbons (Fsp3) is 0.688. The van der Waals surface area contributed by atoms with Crippen molar-refractivity contribution in [3.05, 3.63) is 0 Å². The third kappa shape index (κ3) is 4.30. The molecule has 1 saturated heterocycles. The summed E-state index contributed by atoms with van der Waals surface area (Å²) in [4.78, 5) is 59.5. The van der Waals surface area contributed by atoms with Crippen LogP contribution in [0.15, 0.2) is 0 Å². The molecule has 10 nitrogen and oxygen atoms in total. The van der Waals surface area contributed by atoms with Crippen LogP contribution in [0.1, 0.15) is 40.0 Å². The number of amides is 6. The molecule has 2 atom stereocenters. The predicted molar refractivity (Wildman–Crippen MR) is 88.5 cm³/mol. The highest BCUT2D eigenvalue weighted by atomic mass is 16.5. The first kappa shape index (κ1) is 19.7. The van der Waals surface area contributed by atoms with Crippen molar-refractivity contribution in [2.75, 3.05) is 13.2 Å². The summed E-state index contributed by atoms with van der Waals surface area (Å²) in [6.07, 6.45) is 1.93. The number of esters is 1. The summed E-state index contributed by atoms with van der Waals surface area (Å²) in [6.45, 7) is 4.76. The third-order valence-corrected chi connectivity index (χ3v) is 4.54. The summed E-state index contributed by atoms with van der Waals surface area (Å²) in [5.41, 5.74) is 3.63. The lowest BCUT2D eigenvalue weighted by Crippen LogP contribution is -2.54. The van der Waals surface area contributed by atoms with Gasteiger partial charge < -0.3 is 15.8 Å². The van der Waals surface area contributed by atoms with Gasteiger partial charge in [0.1, 0.15) is 12.1 Å². The Labute approximate surface area is 150 Å². The van der Waals surface area contributed by atoms with Gasteiger partial charge in [0.05, 0.1) is 0 Å². The van der Waals surface area contributed by atoms with E-state index in [1.807, 2.05) is 20.8 Å². The number of primary amides is 1. The summed E-state index contributed by atoms with van der Waals surface area (Å²) in [5, 5.41) is 4.47. The zero-order valence-corrected chi connectivity index (χ0v) is 15.1. The second-order valence-electron chi connectivity index (χ2n) is 7.83. The molecule has 1 aliphatic carbocycles. The van der Waals surface area contributed by atoms with Gasteiger partial charge in [0, 0.05) is 0 Å². The number of nitrogens with two attached hydrogens (primary N) is 1. The van der Waals surface area contributed by atoms with E-state index in [1.54, 1.807) is 5.32 Å². The lowest BCUT2D eigenvalue weighted by molar-refractivity contribution is -0.151. The van der Waals surface area contributed by atoms with Crippen molar-refractivity contribution in [2.45, 2.75) is 45.6 Å². The van der Waals surface area contributed by atoms with Crippen molar-refractivity contribution < 1.29 is 28.7 Å². The molecule has 2 rings (SSSR count). The first-order valence-electron chi connectivity index (χ1n) is 8.33. The first-order valence-corrected chi connectivity index (χ1v) is 8.33. The zero-order chi connectivity index (χ0) is 19.7. The summed E-state index contributed by atoms with van der Waals surface area (Å²) < 4.78 is 4.67. The number of nitrogens with one attached hydrogen (secondary N) is 2. The largest absolute Gasteiger partial charge is 0.454 e. The van der Waals surface area contributed by atoms with E-state index in [2.05, 4.69) is 10.1 Å². The summed E-state index contributed by atoms with van der Waals surface area (Å²) >= 11 is 0. The van der Waals surface area contributed by atoms with E-state index in [9.17, 15) is 24.0 Å². The number of imide groups is 2. The molecule has 0 aromatic rings. The molecule has 1 heterocycles. The van der Waals surface area contributed by atoms with Crippen LogP contribution in [0.5, 0.6) is 0 Å². The standard InChI is InChI=1S/C16H24N4O6/c1-9-4-15(2,3)8-16(5-9)12(23)20(14(25)19-16)6-11(22)26-7-10(21)18-13(17)24/h9H,4-8H2,1-3H3,(H,19,25)(H3,17,18,21,24). The number of hydrogen-bond acceptors (Lipinski definition) is 6. The van der Waals surface area contributed by atoms with E-state index in [1.165, 1.54) is 0 Å². The Bertz CT molecular complexity index is 661. The molecule has 2 fully saturated rings. The maximum absolute atomic E-state index is 12.8. The Morgan fingerprint density at radius 3 is 2.54 bits per heavy atom. The van der Waals surface area contributed by atoms with Crippen molar-refractivity contribution in [1.82, 2.24) is 15.5 Å². The SMILES string of the molecule is CC1CC(C)(C)CC2(C1)NC(=O)N(CC(=O)OCC(=O)NC(N)=O)C2=O. The van der Waals surface area contributed by atoms with Gasteiger partial charge in [-0.3, -0.25) is 24.6 Å². The number of carbonyl (C=O) groups is 5. The molecule has 6 amide bonds. The number of rotatable bonds is 4. The van der Waals surface area contributed by atoms with Gasteiger partial charge in [-0.2, -0.15) is 0 Å². The molecule has 0 aromatic heterocycles. The second kappa shape index (κ2) is 6.93. The van der Waals surface area contributed by atoms with Crippen molar-refractivity contribution in [3.63, 3.8) is 0 Å². The summed E-state index contributed by atoms with van der Waals surface area (Å²) in [7, 11) is 0. The molecule has 10 heteroatoms. The fourth-order valence-electron chi connectivity index (χ4n) is 4.14. The van der Waals surface area contributed by atoms with Gasteiger partial charge in [-0.15, -0.1) is 0 Å². The molecule has 1 aliphatic heterocycles. The highest BCUT2D eigenvalue weighted by molar-refractivity contribution is 6.09. The quantitative estimate of drug-likeness (QED) is 0.465. The Kier molecular flexibility index (Phi) is 5.24. The van der Waals surface area contributed by atoms with E-state index in [4.69, 9.17) is 5.73 Å². The smallest absolute Gasteiger partial charge is 0.326 e. The Morgan fingerprint density at radius 2 is 1.96 bits per heavy atom. The molecule has 4 N–H and O–H groups in total. The van der Waals surface area contributed by atoms with Gasteiger partial charge in [0.2, 0.25) is 0 Å². The molecular weight excluding hydrogens is 344 g/mol. The molecule has 1 spiro atoms. The van der Waals surface area contributed by atoms with Crippen LogP contribution in [0.3, 0.4) is 0 Å².